The summed E-state index contributed by atoms with van der Waals surface area (Å²) in [5.41, 5.74) is 1.22. The summed E-state index contributed by atoms with van der Waals surface area (Å²) in [6.45, 7) is 0.795. The van der Waals surface area contributed by atoms with E-state index in [1.54, 1.807) is 6.07 Å². The van der Waals surface area contributed by atoms with E-state index >= 15 is 0 Å². The number of amides is 1. The SMILES string of the molecule is COC(=O)c1cc(O[C@@H]2CCN(c3cc(F)c4c(c3)C(=O)CC4)C2=O)cnc1OCC1CC1. The Labute approximate surface area is 189 Å². The van der Waals surface area contributed by atoms with Crippen LogP contribution in [0.4, 0.5) is 10.1 Å². The molecule has 0 N–H and O–H groups in total. The zero-order valence-electron chi connectivity index (χ0n) is 18.1. The Bertz CT molecular complexity index is 1150. The minimum atomic E-state index is -0.831. The van der Waals surface area contributed by atoms with E-state index in [9.17, 15) is 18.8 Å². The largest absolute Gasteiger partial charge is 0.479 e. The molecule has 1 aliphatic heterocycles. The Morgan fingerprint density at radius 1 is 1.18 bits per heavy atom. The minimum absolute atomic E-state index is 0.115. The number of Topliss-reactive ketones (excluding diaryl/α,β-unsaturated/α-hetero) is 1. The number of benzene rings is 1. The van der Waals surface area contributed by atoms with Crippen LogP contribution in [0.15, 0.2) is 24.4 Å². The summed E-state index contributed by atoms with van der Waals surface area (Å²) in [6.07, 6.45) is 3.79. The Hall–Kier alpha value is -3.49. The molecule has 172 valence electrons. The number of pyridine rings is 1. The van der Waals surface area contributed by atoms with Gasteiger partial charge in [-0.25, -0.2) is 14.2 Å². The first kappa shape index (κ1) is 21.4. The average molecular weight is 454 g/mol. The van der Waals surface area contributed by atoms with Crippen LogP contribution in [-0.4, -0.2) is 49.0 Å². The van der Waals surface area contributed by atoms with Gasteiger partial charge in [-0.1, -0.05) is 0 Å². The molecule has 1 aromatic carbocycles. The predicted molar refractivity (Wildman–Crippen MR) is 114 cm³/mol. The van der Waals surface area contributed by atoms with Crippen LogP contribution in [0.2, 0.25) is 0 Å². The summed E-state index contributed by atoms with van der Waals surface area (Å²) in [5, 5.41) is 0. The van der Waals surface area contributed by atoms with E-state index in [-0.39, 0.29) is 35.3 Å². The standard InChI is InChI=1S/C24H23FN2O6/c1-31-24(30)18-10-15(11-26-22(18)32-12-13-2-3-13)33-21-6-7-27(23(21)29)14-8-17-16(19(25)9-14)4-5-20(17)28/h8-11,13,21H,2-7,12H2,1H3/t21-/m1/s1. The van der Waals surface area contributed by atoms with Gasteiger partial charge in [0.05, 0.1) is 19.9 Å². The van der Waals surface area contributed by atoms with Gasteiger partial charge in [0, 0.05) is 36.7 Å². The highest BCUT2D eigenvalue weighted by Crippen LogP contribution is 2.33. The van der Waals surface area contributed by atoms with E-state index in [4.69, 9.17) is 14.2 Å². The number of fused-ring (bicyclic) bond motifs is 1. The van der Waals surface area contributed by atoms with Gasteiger partial charge in [-0.05, 0) is 42.9 Å². The van der Waals surface area contributed by atoms with Gasteiger partial charge in [-0.15, -0.1) is 0 Å². The third kappa shape index (κ3) is 4.15. The molecule has 8 nitrogen and oxygen atoms in total. The molecule has 5 rings (SSSR count). The minimum Gasteiger partial charge on any atom is -0.479 e. The van der Waals surface area contributed by atoms with Crippen molar-refractivity contribution in [3.8, 4) is 11.6 Å². The number of esters is 1. The number of nitrogens with zero attached hydrogens (tertiary/aromatic N) is 2. The summed E-state index contributed by atoms with van der Waals surface area (Å²) < 4.78 is 30.8. The number of hydrogen-bond acceptors (Lipinski definition) is 7. The normalized spacial score (nSPS) is 19.6. The van der Waals surface area contributed by atoms with Crippen molar-refractivity contribution in [2.45, 2.75) is 38.2 Å². The predicted octanol–water partition coefficient (Wildman–Crippen LogP) is 3.11. The Balaban J connectivity index is 1.33. The van der Waals surface area contributed by atoms with E-state index in [1.807, 2.05) is 0 Å². The maximum Gasteiger partial charge on any atom is 0.343 e. The van der Waals surface area contributed by atoms with Gasteiger partial charge in [-0.3, -0.25) is 9.59 Å². The number of halogens is 1. The van der Waals surface area contributed by atoms with Crippen molar-refractivity contribution in [3.63, 3.8) is 0 Å². The molecule has 2 aromatic rings. The average Bonchev–Trinajstić information content (AvgIpc) is 3.48. The molecule has 2 heterocycles. The Morgan fingerprint density at radius 3 is 2.76 bits per heavy atom. The molecule has 1 saturated carbocycles. The monoisotopic (exact) mass is 454 g/mol. The summed E-state index contributed by atoms with van der Waals surface area (Å²) in [5.74, 6) is -0.683. The number of anilines is 1. The third-order valence-corrected chi connectivity index (χ3v) is 6.21. The zero-order chi connectivity index (χ0) is 23.1. The number of aromatic nitrogens is 1. The molecule has 0 unspecified atom stereocenters. The lowest BCUT2D eigenvalue weighted by Gasteiger charge is -2.19. The molecule has 1 aromatic heterocycles. The van der Waals surface area contributed by atoms with Crippen molar-refractivity contribution in [1.29, 1.82) is 0 Å². The van der Waals surface area contributed by atoms with Crippen molar-refractivity contribution in [3.05, 3.63) is 46.9 Å². The zero-order valence-corrected chi connectivity index (χ0v) is 18.1. The quantitative estimate of drug-likeness (QED) is 0.593. The second kappa shape index (κ2) is 8.46. The van der Waals surface area contributed by atoms with Crippen molar-refractivity contribution in [1.82, 2.24) is 4.98 Å². The van der Waals surface area contributed by atoms with Gasteiger partial charge >= 0.3 is 5.97 Å². The summed E-state index contributed by atoms with van der Waals surface area (Å²) in [7, 11) is 1.26. The van der Waals surface area contributed by atoms with E-state index in [2.05, 4.69) is 4.98 Å². The topological polar surface area (TPSA) is 95.0 Å². The molecule has 33 heavy (non-hydrogen) atoms. The highest BCUT2D eigenvalue weighted by atomic mass is 19.1. The van der Waals surface area contributed by atoms with Gasteiger partial charge in [0.1, 0.15) is 17.1 Å². The fraction of sp³-hybridized carbons (Fsp3) is 0.417. The molecule has 2 aliphatic carbocycles. The second-order valence-electron chi connectivity index (χ2n) is 8.53. The lowest BCUT2D eigenvalue weighted by molar-refractivity contribution is -0.122. The van der Waals surface area contributed by atoms with Crippen LogP contribution < -0.4 is 14.4 Å². The number of rotatable bonds is 7. The first-order valence-electron chi connectivity index (χ1n) is 11.0. The fourth-order valence-corrected chi connectivity index (χ4v) is 4.19. The van der Waals surface area contributed by atoms with Crippen molar-refractivity contribution >= 4 is 23.3 Å². The van der Waals surface area contributed by atoms with Crippen LogP contribution in [-0.2, 0) is 16.0 Å². The number of carbonyl (C=O) groups excluding carboxylic acids is 3. The summed E-state index contributed by atoms with van der Waals surface area (Å²) >= 11 is 0. The molecule has 9 heteroatoms. The van der Waals surface area contributed by atoms with E-state index in [0.717, 1.165) is 12.8 Å². The number of ether oxygens (including phenoxy) is 3. The lowest BCUT2D eigenvalue weighted by atomic mass is 10.1. The molecule has 1 saturated heterocycles. The van der Waals surface area contributed by atoms with Crippen LogP contribution in [0.1, 0.15) is 52.0 Å². The highest BCUT2D eigenvalue weighted by molar-refractivity contribution is 6.04. The highest BCUT2D eigenvalue weighted by Gasteiger charge is 2.36. The van der Waals surface area contributed by atoms with Crippen LogP contribution >= 0.6 is 0 Å². The van der Waals surface area contributed by atoms with Crippen molar-refractivity contribution in [2.24, 2.45) is 5.92 Å². The second-order valence-corrected chi connectivity index (χ2v) is 8.53. The summed E-state index contributed by atoms with van der Waals surface area (Å²) in [6, 6.07) is 4.32. The van der Waals surface area contributed by atoms with Gasteiger partial charge in [-0.2, -0.15) is 0 Å². The number of methoxy groups -OCH3 is 1. The molecular weight excluding hydrogens is 431 g/mol. The van der Waals surface area contributed by atoms with Crippen molar-refractivity contribution in [2.75, 3.05) is 25.2 Å². The third-order valence-electron chi connectivity index (χ3n) is 6.21. The van der Waals surface area contributed by atoms with Gasteiger partial charge in [0.2, 0.25) is 5.88 Å². The van der Waals surface area contributed by atoms with Crippen LogP contribution in [0.3, 0.4) is 0 Å². The lowest BCUT2D eigenvalue weighted by Crippen LogP contribution is -2.32. The van der Waals surface area contributed by atoms with E-state index < -0.39 is 17.9 Å². The summed E-state index contributed by atoms with van der Waals surface area (Å²) in [4.78, 5) is 42.8. The molecule has 1 atom stereocenters. The first-order chi connectivity index (χ1) is 15.9. The number of ketones is 1. The van der Waals surface area contributed by atoms with E-state index in [1.165, 1.54) is 30.3 Å². The molecule has 0 bridgehead atoms. The van der Waals surface area contributed by atoms with Crippen LogP contribution in [0, 0.1) is 11.7 Å². The van der Waals surface area contributed by atoms with E-state index in [0.29, 0.717) is 48.7 Å². The van der Waals surface area contributed by atoms with Crippen molar-refractivity contribution < 1.29 is 33.0 Å². The number of carbonyl (C=O) groups is 3. The molecule has 1 amide bonds. The van der Waals surface area contributed by atoms with Gasteiger partial charge in [0.25, 0.3) is 5.91 Å². The van der Waals surface area contributed by atoms with Crippen LogP contribution in [0.25, 0.3) is 0 Å². The smallest absolute Gasteiger partial charge is 0.343 e. The van der Waals surface area contributed by atoms with Gasteiger partial charge in [0.15, 0.2) is 11.9 Å². The molecule has 2 fully saturated rings. The Kier molecular flexibility index (Phi) is 5.47. The molecule has 0 radical (unpaired) electrons. The maximum absolute atomic E-state index is 14.5. The molecule has 0 spiro atoms. The molecular formula is C24H23FN2O6. The van der Waals surface area contributed by atoms with Gasteiger partial charge < -0.3 is 19.1 Å². The number of hydrogen-bond donors (Lipinski definition) is 0. The maximum atomic E-state index is 14.5. The fourth-order valence-electron chi connectivity index (χ4n) is 4.19. The first-order valence-corrected chi connectivity index (χ1v) is 11.0. The molecule has 3 aliphatic rings. The Morgan fingerprint density at radius 2 is 2.00 bits per heavy atom. The van der Waals surface area contributed by atoms with Crippen LogP contribution in [0.5, 0.6) is 11.6 Å².